The lowest BCUT2D eigenvalue weighted by Gasteiger charge is -2.26. The Balaban J connectivity index is 1.56. The summed E-state index contributed by atoms with van der Waals surface area (Å²) in [7, 11) is 0. The highest BCUT2D eigenvalue weighted by Gasteiger charge is 2.27. The first-order valence-corrected chi connectivity index (χ1v) is 10.6. The zero-order chi connectivity index (χ0) is 22.1. The summed E-state index contributed by atoms with van der Waals surface area (Å²) in [5.41, 5.74) is 6.79. The van der Waals surface area contributed by atoms with E-state index in [-0.39, 0.29) is 11.9 Å². The van der Waals surface area contributed by atoms with E-state index in [9.17, 15) is 4.79 Å². The molecule has 0 bridgehead atoms. The maximum atomic E-state index is 13.1. The molecule has 0 fully saturated rings. The van der Waals surface area contributed by atoms with Gasteiger partial charge in [0.1, 0.15) is 11.4 Å². The number of hydrogen-bond donors (Lipinski definition) is 2. The van der Waals surface area contributed by atoms with Crippen LogP contribution in [0.2, 0.25) is 0 Å². The molecule has 1 unspecified atom stereocenters. The van der Waals surface area contributed by atoms with Crippen molar-refractivity contribution in [3.63, 3.8) is 0 Å². The number of carbonyl (C=O) groups excluding carboxylic acids is 1. The number of nitrogens with zero attached hydrogens (tertiary/aromatic N) is 2. The predicted molar refractivity (Wildman–Crippen MR) is 129 cm³/mol. The number of amides is 1. The van der Waals surface area contributed by atoms with Crippen LogP contribution in [0.5, 0.6) is 0 Å². The molecule has 158 valence electrons. The fourth-order valence-corrected chi connectivity index (χ4v) is 3.88. The van der Waals surface area contributed by atoms with Gasteiger partial charge in [-0.25, -0.2) is 4.68 Å². The maximum Gasteiger partial charge on any atom is 0.261 e. The summed E-state index contributed by atoms with van der Waals surface area (Å²) < 4.78 is 1.88. The number of fused-ring (bicyclic) bond motifs is 1. The van der Waals surface area contributed by atoms with Gasteiger partial charge in [0.2, 0.25) is 0 Å². The highest BCUT2D eigenvalue weighted by atomic mass is 16.1. The van der Waals surface area contributed by atoms with E-state index < -0.39 is 0 Å². The van der Waals surface area contributed by atoms with Crippen LogP contribution in [0.15, 0.2) is 91.1 Å². The lowest BCUT2D eigenvalue weighted by Crippen LogP contribution is -2.22. The maximum absolute atomic E-state index is 13.1. The van der Waals surface area contributed by atoms with E-state index >= 15 is 0 Å². The zero-order valence-electron chi connectivity index (χ0n) is 18.0. The van der Waals surface area contributed by atoms with Gasteiger partial charge in [0.15, 0.2) is 0 Å². The molecule has 1 amide bonds. The van der Waals surface area contributed by atoms with Gasteiger partial charge in [-0.1, -0.05) is 77.9 Å². The molecule has 2 heterocycles. The number of rotatable bonds is 4. The molecule has 1 aromatic heterocycles. The van der Waals surface area contributed by atoms with Crippen molar-refractivity contribution < 1.29 is 4.79 Å². The van der Waals surface area contributed by atoms with Crippen LogP contribution in [0.4, 0.5) is 11.5 Å². The number of aryl methyl sites for hydroxylation is 2. The van der Waals surface area contributed by atoms with Gasteiger partial charge >= 0.3 is 0 Å². The number of nitrogens with one attached hydrogen (secondary N) is 2. The van der Waals surface area contributed by atoms with Crippen LogP contribution in [0.3, 0.4) is 0 Å². The van der Waals surface area contributed by atoms with Gasteiger partial charge in [-0.05, 0) is 43.2 Å². The molecular formula is C27H24N4O. The minimum absolute atomic E-state index is 0.124. The van der Waals surface area contributed by atoms with Gasteiger partial charge in [-0.2, -0.15) is 5.10 Å². The number of anilines is 2. The molecule has 1 aliphatic heterocycles. The monoisotopic (exact) mass is 420 g/mol. The van der Waals surface area contributed by atoms with Crippen LogP contribution in [-0.2, 0) is 0 Å². The normalized spacial score (nSPS) is 14.8. The van der Waals surface area contributed by atoms with Crippen molar-refractivity contribution in [2.45, 2.75) is 19.9 Å². The fraction of sp³-hybridized carbons (Fsp3) is 0.111. The number of aromatic nitrogens is 2. The lowest BCUT2D eigenvalue weighted by atomic mass is 10.00. The van der Waals surface area contributed by atoms with E-state index in [1.54, 1.807) is 6.20 Å². The molecule has 0 spiro atoms. The summed E-state index contributed by atoms with van der Waals surface area (Å²) in [6.07, 6.45) is 3.79. The van der Waals surface area contributed by atoms with E-state index in [1.165, 1.54) is 11.1 Å². The van der Waals surface area contributed by atoms with E-state index in [0.29, 0.717) is 11.4 Å². The van der Waals surface area contributed by atoms with Crippen molar-refractivity contribution in [1.29, 1.82) is 0 Å². The van der Waals surface area contributed by atoms with E-state index in [1.807, 2.05) is 35.0 Å². The second-order valence-electron chi connectivity index (χ2n) is 8.10. The topological polar surface area (TPSA) is 59.0 Å². The molecule has 4 aromatic rings. The molecule has 0 saturated heterocycles. The van der Waals surface area contributed by atoms with Gasteiger partial charge in [-0.3, -0.25) is 4.79 Å². The van der Waals surface area contributed by atoms with Gasteiger partial charge in [0.25, 0.3) is 5.91 Å². The Kier molecular flexibility index (Phi) is 5.07. The molecule has 0 radical (unpaired) electrons. The molecule has 5 nitrogen and oxygen atoms in total. The van der Waals surface area contributed by atoms with E-state index in [2.05, 4.69) is 84.2 Å². The highest BCUT2D eigenvalue weighted by molar-refractivity contribution is 6.08. The molecule has 5 rings (SSSR count). The number of benzene rings is 3. The first kappa shape index (κ1) is 19.8. The van der Waals surface area contributed by atoms with Crippen LogP contribution < -0.4 is 10.6 Å². The largest absolute Gasteiger partial charge is 0.339 e. The number of allylic oxidation sites excluding steroid dienone is 1. The molecule has 1 aliphatic rings. The molecule has 5 heteroatoms. The Morgan fingerprint density at radius 1 is 0.906 bits per heavy atom. The zero-order valence-corrected chi connectivity index (χ0v) is 18.0. The van der Waals surface area contributed by atoms with Gasteiger partial charge < -0.3 is 10.6 Å². The van der Waals surface area contributed by atoms with Crippen molar-refractivity contribution in [2.75, 3.05) is 10.6 Å². The number of hydrogen-bond acceptors (Lipinski definition) is 3. The Morgan fingerprint density at radius 3 is 2.25 bits per heavy atom. The Bertz CT molecular complexity index is 1290. The molecule has 3 aromatic carbocycles. The van der Waals surface area contributed by atoms with Crippen LogP contribution in [0.1, 0.15) is 38.7 Å². The van der Waals surface area contributed by atoms with Crippen LogP contribution >= 0.6 is 0 Å². The summed E-state index contributed by atoms with van der Waals surface area (Å²) in [5, 5.41) is 11.0. The van der Waals surface area contributed by atoms with Crippen molar-refractivity contribution in [3.8, 4) is 0 Å². The van der Waals surface area contributed by atoms with Crippen molar-refractivity contribution in [2.24, 2.45) is 0 Å². The Morgan fingerprint density at radius 2 is 1.56 bits per heavy atom. The third-order valence-electron chi connectivity index (χ3n) is 5.69. The average Bonchev–Trinajstić information content (AvgIpc) is 3.24. The minimum atomic E-state index is -0.197. The van der Waals surface area contributed by atoms with Crippen LogP contribution in [0, 0.1) is 13.8 Å². The lowest BCUT2D eigenvalue weighted by molar-refractivity contribution is 0.102. The summed E-state index contributed by atoms with van der Waals surface area (Å²) in [5.74, 6) is 0.486. The van der Waals surface area contributed by atoms with Gasteiger partial charge in [0.05, 0.1) is 12.2 Å². The third-order valence-corrected chi connectivity index (χ3v) is 5.69. The SMILES string of the molecule is Cc1ccc(C2=CC(c3ccc(C)cc3)n3ncc(C(=O)Nc4ccccc4)c3N2)cc1. The second-order valence-corrected chi connectivity index (χ2v) is 8.10. The standard InChI is InChI=1S/C27H24N4O/c1-18-8-12-20(13-9-18)24-16-25(21-14-10-19(2)11-15-21)31-26(30-24)23(17-28-31)27(32)29-22-6-4-3-5-7-22/h3-17,25,30H,1-2H3,(H,29,32). The van der Waals surface area contributed by atoms with Crippen LogP contribution in [0.25, 0.3) is 5.70 Å². The first-order chi connectivity index (χ1) is 15.6. The quantitative estimate of drug-likeness (QED) is 0.438. The molecule has 2 N–H and O–H groups in total. The highest BCUT2D eigenvalue weighted by Crippen LogP contribution is 2.35. The molecule has 32 heavy (non-hydrogen) atoms. The smallest absolute Gasteiger partial charge is 0.261 e. The van der Waals surface area contributed by atoms with E-state index in [0.717, 1.165) is 22.5 Å². The first-order valence-electron chi connectivity index (χ1n) is 10.6. The van der Waals surface area contributed by atoms with Crippen molar-refractivity contribution in [1.82, 2.24) is 9.78 Å². The molecule has 1 atom stereocenters. The molecular weight excluding hydrogens is 396 g/mol. The Labute approximate surface area is 187 Å². The van der Waals surface area contributed by atoms with Crippen molar-refractivity contribution >= 4 is 23.1 Å². The van der Waals surface area contributed by atoms with Gasteiger partial charge in [-0.15, -0.1) is 0 Å². The molecule has 0 aliphatic carbocycles. The predicted octanol–water partition coefficient (Wildman–Crippen LogP) is 5.81. The van der Waals surface area contributed by atoms with Crippen molar-refractivity contribution in [3.05, 3.63) is 119 Å². The number of para-hydroxylation sites is 1. The fourth-order valence-electron chi connectivity index (χ4n) is 3.88. The molecule has 0 saturated carbocycles. The average molecular weight is 421 g/mol. The second kappa shape index (κ2) is 8.19. The summed E-state index contributed by atoms with van der Waals surface area (Å²) in [6.45, 7) is 4.15. The number of carbonyl (C=O) groups is 1. The summed E-state index contributed by atoms with van der Waals surface area (Å²) in [6, 6.07) is 26.1. The Hall–Kier alpha value is -4.12. The van der Waals surface area contributed by atoms with E-state index in [4.69, 9.17) is 0 Å². The third kappa shape index (κ3) is 3.81. The van der Waals surface area contributed by atoms with Crippen LogP contribution in [-0.4, -0.2) is 15.7 Å². The summed E-state index contributed by atoms with van der Waals surface area (Å²) in [4.78, 5) is 13.1. The van der Waals surface area contributed by atoms with Gasteiger partial charge in [0, 0.05) is 11.4 Å². The minimum Gasteiger partial charge on any atom is -0.339 e. The summed E-state index contributed by atoms with van der Waals surface area (Å²) >= 11 is 0.